The van der Waals surface area contributed by atoms with Gasteiger partial charge in [-0.15, -0.1) is 0 Å². The highest BCUT2D eigenvalue weighted by Gasteiger charge is 2.30. The quantitative estimate of drug-likeness (QED) is 0.570. The van der Waals surface area contributed by atoms with Crippen molar-refractivity contribution in [3.05, 3.63) is 24.3 Å². The summed E-state index contributed by atoms with van der Waals surface area (Å²) in [5, 5.41) is 10.7. The molecule has 1 aliphatic carbocycles. The third-order valence-electron chi connectivity index (χ3n) is 3.03. The lowest BCUT2D eigenvalue weighted by Crippen LogP contribution is -2.31. The molecule has 0 amide bonds. The minimum Gasteiger partial charge on any atom is -0.468 e. The van der Waals surface area contributed by atoms with Crippen molar-refractivity contribution in [1.82, 2.24) is 5.32 Å². The minimum atomic E-state index is -0.293. The van der Waals surface area contributed by atoms with E-state index in [1.807, 2.05) is 6.08 Å². The molecule has 0 radical (unpaired) electrons. The topological polar surface area (TPSA) is 83.8 Å². The van der Waals surface area contributed by atoms with E-state index in [-0.39, 0.29) is 24.8 Å². The fourth-order valence-electron chi connectivity index (χ4n) is 1.98. The zero-order chi connectivity index (χ0) is 13.7. The SMILES string of the molecule is COC(=O)[C@@H]1C[C@@H](OC/N=C2/C=CC=CC2=N)CN1. The molecule has 0 aromatic rings. The molecule has 2 rings (SSSR count). The van der Waals surface area contributed by atoms with Gasteiger partial charge < -0.3 is 14.8 Å². The lowest BCUT2D eigenvalue weighted by atomic mass is 10.1. The summed E-state index contributed by atoms with van der Waals surface area (Å²) in [5.74, 6) is -0.264. The first kappa shape index (κ1) is 13.6. The fraction of sp³-hybridized carbons (Fsp3) is 0.462. The standard InChI is InChI=1S/C13H17N3O3/c1-18-13(17)12-6-9(7-15-12)19-8-16-11-5-3-2-4-10(11)14/h2-5,9,12,14-15H,6-8H2,1H3/b14-10?,16-11-/t9-,12+/m1/s1. The van der Waals surface area contributed by atoms with Crippen molar-refractivity contribution >= 4 is 17.4 Å². The maximum atomic E-state index is 11.3. The van der Waals surface area contributed by atoms with Crippen molar-refractivity contribution in [1.29, 1.82) is 5.41 Å². The van der Waals surface area contributed by atoms with Gasteiger partial charge in [-0.05, 0) is 12.2 Å². The van der Waals surface area contributed by atoms with Gasteiger partial charge in [0, 0.05) is 13.0 Å². The molecule has 2 atom stereocenters. The molecule has 0 unspecified atom stereocenters. The monoisotopic (exact) mass is 263 g/mol. The first-order valence-corrected chi connectivity index (χ1v) is 6.11. The Morgan fingerprint density at radius 3 is 3.05 bits per heavy atom. The van der Waals surface area contributed by atoms with Crippen LogP contribution in [0.2, 0.25) is 0 Å². The van der Waals surface area contributed by atoms with Gasteiger partial charge in [-0.3, -0.25) is 15.2 Å². The lowest BCUT2D eigenvalue weighted by Gasteiger charge is -2.09. The van der Waals surface area contributed by atoms with Crippen LogP contribution in [0.1, 0.15) is 6.42 Å². The molecule has 2 N–H and O–H groups in total. The van der Waals surface area contributed by atoms with E-state index in [0.29, 0.717) is 24.4 Å². The van der Waals surface area contributed by atoms with Gasteiger partial charge in [0.1, 0.15) is 12.8 Å². The summed E-state index contributed by atoms with van der Waals surface area (Å²) < 4.78 is 10.2. The van der Waals surface area contributed by atoms with Crippen LogP contribution in [-0.2, 0) is 14.3 Å². The predicted octanol–water partition coefficient (Wildman–Crippen LogP) is 0.451. The number of nitrogens with zero attached hydrogens (tertiary/aromatic N) is 1. The average Bonchev–Trinajstić information content (AvgIpc) is 2.89. The van der Waals surface area contributed by atoms with Crippen LogP contribution in [0.15, 0.2) is 29.3 Å². The number of ether oxygens (including phenoxy) is 2. The molecule has 0 aromatic heterocycles. The highest BCUT2D eigenvalue weighted by molar-refractivity contribution is 6.49. The molecule has 1 heterocycles. The van der Waals surface area contributed by atoms with Crippen molar-refractivity contribution in [3.63, 3.8) is 0 Å². The summed E-state index contributed by atoms with van der Waals surface area (Å²) >= 11 is 0. The molecule has 0 spiro atoms. The molecule has 2 aliphatic rings. The molecular formula is C13H17N3O3. The molecular weight excluding hydrogens is 246 g/mol. The lowest BCUT2D eigenvalue weighted by molar-refractivity contribution is -0.142. The van der Waals surface area contributed by atoms with Gasteiger partial charge in [0.2, 0.25) is 0 Å². The number of nitrogens with one attached hydrogen (secondary N) is 2. The van der Waals surface area contributed by atoms with E-state index in [1.165, 1.54) is 7.11 Å². The van der Waals surface area contributed by atoms with E-state index in [0.717, 1.165) is 0 Å². The second-order valence-electron chi connectivity index (χ2n) is 4.31. The van der Waals surface area contributed by atoms with Gasteiger partial charge >= 0.3 is 5.97 Å². The molecule has 0 saturated carbocycles. The van der Waals surface area contributed by atoms with Crippen LogP contribution in [0.25, 0.3) is 0 Å². The fourth-order valence-corrected chi connectivity index (χ4v) is 1.98. The molecule has 102 valence electrons. The van der Waals surface area contributed by atoms with Gasteiger partial charge in [0.25, 0.3) is 0 Å². The normalized spacial score (nSPS) is 28.1. The van der Waals surface area contributed by atoms with Crippen LogP contribution in [-0.4, -0.2) is 49.9 Å². The van der Waals surface area contributed by atoms with Gasteiger partial charge in [-0.25, -0.2) is 0 Å². The maximum absolute atomic E-state index is 11.3. The van der Waals surface area contributed by atoms with E-state index in [2.05, 4.69) is 15.0 Å². The molecule has 1 saturated heterocycles. The number of aliphatic imine (C=N–C) groups is 1. The van der Waals surface area contributed by atoms with Crippen LogP contribution in [0, 0.1) is 5.41 Å². The zero-order valence-electron chi connectivity index (χ0n) is 10.8. The smallest absolute Gasteiger partial charge is 0.322 e. The van der Waals surface area contributed by atoms with Crippen molar-refractivity contribution in [2.24, 2.45) is 4.99 Å². The second kappa shape index (κ2) is 6.40. The van der Waals surface area contributed by atoms with Gasteiger partial charge in [-0.2, -0.15) is 0 Å². The third kappa shape index (κ3) is 3.59. The summed E-state index contributed by atoms with van der Waals surface area (Å²) in [6.07, 6.45) is 7.63. The molecule has 6 nitrogen and oxygen atoms in total. The number of carbonyl (C=O) groups excluding carboxylic acids is 1. The summed E-state index contributed by atoms with van der Waals surface area (Å²) in [4.78, 5) is 15.5. The van der Waals surface area contributed by atoms with Crippen LogP contribution in [0.4, 0.5) is 0 Å². The van der Waals surface area contributed by atoms with Crippen LogP contribution in [0.5, 0.6) is 0 Å². The average molecular weight is 263 g/mol. The van der Waals surface area contributed by atoms with Crippen LogP contribution < -0.4 is 5.32 Å². The highest BCUT2D eigenvalue weighted by Crippen LogP contribution is 2.11. The van der Waals surface area contributed by atoms with E-state index >= 15 is 0 Å². The van der Waals surface area contributed by atoms with Crippen molar-refractivity contribution < 1.29 is 14.3 Å². The van der Waals surface area contributed by atoms with Gasteiger partial charge in [0.05, 0.1) is 24.6 Å². The van der Waals surface area contributed by atoms with Crippen LogP contribution >= 0.6 is 0 Å². The van der Waals surface area contributed by atoms with E-state index in [4.69, 9.17) is 10.1 Å². The Bertz CT molecular complexity index is 454. The first-order valence-electron chi connectivity index (χ1n) is 6.11. The van der Waals surface area contributed by atoms with Gasteiger partial charge in [0.15, 0.2) is 0 Å². The highest BCUT2D eigenvalue weighted by atomic mass is 16.5. The van der Waals surface area contributed by atoms with E-state index in [1.54, 1.807) is 18.2 Å². The Kier molecular flexibility index (Phi) is 4.59. The molecule has 19 heavy (non-hydrogen) atoms. The number of hydrogen-bond acceptors (Lipinski definition) is 6. The molecule has 1 aliphatic heterocycles. The Morgan fingerprint density at radius 2 is 2.32 bits per heavy atom. The number of rotatable bonds is 4. The van der Waals surface area contributed by atoms with E-state index < -0.39 is 0 Å². The Labute approximate surface area is 111 Å². The number of esters is 1. The first-order chi connectivity index (χ1) is 9.20. The summed E-state index contributed by atoms with van der Waals surface area (Å²) in [5.41, 5.74) is 0.987. The largest absolute Gasteiger partial charge is 0.468 e. The molecule has 1 fully saturated rings. The minimum absolute atomic E-state index is 0.0502. The summed E-state index contributed by atoms with van der Waals surface area (Å²) in [7, 11) is 1.37. The summed E-state index contributed by atoms with van der Waals surface area (Å²) in [6.45, 7) is 0.800. The van der Waals surface area contributed by atoms with E-state index in [9.17, 15) is 4.79 Å². The van der Waals surface area contributed by atoms with Gasteiger partial charge in [-0.1, -0.05) is 12.2 Å². The Hall–Kier alpha value is -1.79. The van der Waals surface area contributed by atoms with Crippen molar-refractivity contribution in [3.8, 4) is 0 Å². The van der Waals surface area contributed by atoms with Crippen molar-refractivity contribution in [2.45, 2.75) is 18.6 Å². The second-order valence-corrected chi connectivity index (χ2v) is 4.31. The Balaban J connectivity index is 1.77. The third-order valence-corrected chi connectivity index (χ3v) is 3.03. The Morgan fingerprint density at radius 1 is 1.53 bits per heavy atom. The number of allylic oxidation sites excluding steroid dienone is 4. The summed E-state index contributed by atoms with van der Waals surface area (Å²) in [6, 6.07) is -0.293. The zero-order valence-corrected chi connectivity index (χ0v) is 10.8. The maximum Gasteiger partial charge on any atom is 0.322 e. The number of methoxy groups -OCH3 is 1. The number of carbonyl (C=O) groups is 1. The number of hydrogen-bond donors (Lipinski definition) is 2. The molecule has 0 aromatic carbocycles. The predicted molar refractivity (Wildman–Crippen MR) is 71.6 cm³/mol. The molecule has 0 bridgehead atoms. The van der Waals surface area contributed by atoms with Crippen LogP contribution in [0.3, 0.4) is 0 Å². The van der Waals surface area contributed by atoms with Crippen molar-refractivity contribution in [2.75, 3.05) is 20.4 Å². The molecule has 6 heteroatoms.